The number of rotatable bonds is 8. The number of aliphatic carboxylic acids is 1. The van der Waals surface area contributed by atoms with Crippen molar-refractivity contribution in [3.63, 3.8) is 0 Å². The lowest BCUT2D eigenvalue weighted by atomic mass is 10.0. The van der Waals surface area contributed by atoms with Crippen LogP contribution < -0.4 is 5.32 Å². The fraction of sp³-hybridized carbons (Fsp3) is 0.600. The Morgan fingerprint density at radius 2 is 1.95 bits per heavy atom. The molecule has 1 rings (SSSR count). The molecular formula is C15H24N2O3S. The molecule has 1 heterocycles. The van der Waals surface area contributed by atoms with Gasteiger partial charge < -0.3 is 10.4 Å². The molecular weight excluding hydrogens is 288 g/mol. The average molecular weight is 312 g/mol. The SMILES string of the molecule is CC(C)C(NC(=O)CN(CC(=O)O)C(C)C)c1cccs1. The Balaban J connectivity index is 2.67. The summed E-state index contributed by atoms with van der Waals surface area (Å²) in [5.74, 6) is -0.785. The molecule has 1 aromatic heterocycles. The molecule has 0 aliphatic rings. The van der Waals surface area contributed by atoms with Crippen molar-refractivity contribution >= 4 is 23.2 Å². The highest BCUT2D eigenvalue weighted by Crippen LogP contribution is 2.25. The smallest absolute Gasteiger partial charge is 0.317 e. The van der Waals surface area contributed by atoms with Gasteiger partial charge in [-0.25, -0.2) is 0 Å². The summed E-state index contributed by atoms with van der Waals surface area (Å²) in [4.78, 5) is 25.8. The van der Waals surface area contributed by atoms with Gasteiger partial charge in [0.25, 0.3) is 0 Å². The minimum Gasteiger partial charge on any atom is -0.480 e. The second-order valence-electron chi connectivity index (χ2n) is 5.70. The van der Waals surface area contributed by atoms with Crippen LogP contribution in [0.5, 0.6) is 0 Å². The van der Waals surface area contributed by atoms with Gasteiger partial charge in [-0.15, -0.1) is 11.3 Å². The van der Waals surface area contributed by atoms with Gasteiger partial charge in [-0.1, -0.05) is 19.9 Å². The zero-order valence-electron chi connectivity index (χ0n) is 13.0. The lowest BCUT2D eigenvalue weighted by Gasteiger charge is -2.26. The molecule has 1 aromatic rings. The minimum atomic E-state index is -0.921. The Morgan fingerprint density at radius 1 is 1.29 bits per heavy atom. The van der Waals surface area contributed by atoms with E-state index < -0.39 is 5.97 Å². The molecule has 5 nitrogen and oxygen atoms in total. The highest BCUT2D eigenvalue weighted by Gasteiger charge is 2.22. The monoisotopic (exact) mass is 312 g/mol. The van der Waals surface area contributed by atoms with E-state index in [0.717, 1.165) is 4.88 Å². The summed E-state index contributed by atoms with van der Waals surface area (Å²) in [5.41, 5.74) is 0. The van der Waals surface area contributed by atoms with Crippen LogP contribution in [-0.2, 0) is 9.59 Å². The van der Waals surface area contributed by atoms with Crippen LogP contribution in [0.4, 0.5) is 0 Å². The first-order valence-electron chi connectivity index (χ1n) is 7.09. The first kappa shape index (κ1) is 17.7. The molecule has 0 bridgehead atoms. The van der Waals surface area contributed by atoms with Crippen molar-refractivity contribution in [1.29, 1.82) is 0 Å². The Hall–Kier alpha value is -1.40. The Bertz CT molecular complexity index is 457. The molecule has 0 aliphatic carbocycles. The summed E-state index contributed by atoms with van der Waals surface area (Å²) in [7, 11) is 0. The Labute approximate surface area is 130 Å². The quantitative estimate of drug-likeness (QED) is 0.773. The van der Waals surface area contributed by atoms with Crippen LogP contribution in [0.3, 0.4) is 0 Å². The molecule has 118 valence electrons. The maximum Gasteiger partial charge on any atom is 0.317 e. The van der Waals surface area contributed by atoms with Crippen molar-refractivity contribution in [3.05, 3.63) is 22.4 Å². The van der Waals surface area contributed by atoms with E-state index in [4.69, 9.17) is 5.11 Å². The van der Waals surface area contributed by atoms with Crippen LogP contribution >= 0.6 is 11.3 Å². The third-order valence-electron chi connectivity index (χ3n) is 3.25. The van der Waals surface area contributed by atoms with Crippen molar-refractivity contribution in [2.75, 3.05) is 13.1 Å². The summed E-state index contributed by atoms with van der Waals surface area (Å²) in [6.07, 6.45) is 0. The molecule has 1 amide bonds. The van der Waals surface area contributed by atoms with Crippen molar-refractivity contribution in [2.24, 2.45) is 5.92 Å². The van der Waals surface area contributed by atoms with Gasteiger partial charge in [-0.3, -0.25) is 14.5 Å². The van der Waals surface area contributed by atoms with E-state index in [-0.39, 0.29) is 37.0 Å². The van der Waals surface area contributed by atoms with Gasteiger partial charge in [0.1, 0.15) is 0 Å². The number of carboxylic acid groups (broad SMARTS) is 1. The van der Waals surface area contributed by atoms with Crippen LogP contribution in [0.2, 0.25) is 0 Å². The molecule has 21 heavy (non-hydrogen) atoms. The molecule has 0 spiro atoms. The number of carboxylic acids is 1. The predicted octanol–water partition coefficient (Wildman–Crippen LogP) is 2.36. The van der Waals surface area contributed by atoms with Gasteiger partial charge in [0.05, 0.1) is 19.1 Å². The van der Waals surface area contributed by atoms with Gasteiger partial charge in [-0.05, 0) is 31.2 Å². The van der Waals surface area contributed by atoms with Gasteiger partial charge in [0.2, 0.25) is 5.91 Å². The van der Waals surface area contributed by atoms with Crippen LogP contribution in [-0.4, -0.2) is 41.0 Å². The number of thiophene rings is 1. The number of nitrogens with one attached hydrogen (secondary N) is 1. The topological polar surface area (TPSA) is 69.6 Å². The van der Waals surface area contributed by atoms with E-state index >= 15 is 0 Å². The molecule has 0 saturated carbocycles. The summed E-state index contributed by atoms with van der Waals surface area (Å²) < 4.78 is 0. The molecule has 1 unspecified atom stereocenters. The van der Waals surface area contributed by atoms with Crippen molar-refractivity contribution in [3.8, 4) is 0 Å². The third kappa shape index (κ3) is 5.85. The average Bonchev–Trinajstić information content (AvgIpc) is 2.87. The number of hydrogen-bond donors (Lipinski definition) is 2. The largest absolute Gasteiger partial charge is 0.480 e. The van der Waals surface area contributed by atoms with E-state index in [1.54, 1.807) is 16.2 Å². The number of carbonyl (C=O) groups is 2. The molecule has 1 atom stereocenters. The lowest BCUT2D eigenvalue weighted by Crippen LogP contribution is -2.44. The molecule has 0 fully saturated rings. The van der Waals surface area contributed by atoms with Gasteiger partial charge >= 0.3 is 5.97 Å². The molecule has 2 N–H and O–H groups in total. The second-order valence-corrected chi connectivity index (χ2v) is 6.68. The summed E-state index contributed by atoms with van der Waals surface area (Å²) in [6, 6.07) is 3.95. The first-order chi connectivity index (χ1) is 9.81. The lowest BCUT2D eigenvalue weighted by molar-refractivity contribution is -0.139. The maximum absolute atomic E-state index is 12.2. The van der Waals surface area contributed by atoms with E-state index in [9.17, 15) is 9.59 Å². The van der Waals surface area contributed by atoms with Crippen LogP contribution in [0.1, 0.15) is 38.6 Å². The predicted molar refractivity (Wildman–Crippen MR) is 84.4 cm³/mol. The van der Waals surface area contributed by atoms with E-state index in [1.165, 1.54) is 0 Å². The molecule has 0 radical (unpaired) electrons. The normalized spacial score (nSPS) is 12.9. The molecule has 0 aromatic carbocycles. The zero-order valence-corrected chi connectivity index (χ0v) is 13.8. The highest BCUT2D eigenvalue weighted by atomic mass is 32.1. The fourth-order valence-electron chi connectivity index (χ4n) is 2.03. The van der Waals surface area contributed by atoms with E-state index in [0.29, 0.717) is 0 Å². The van der Waals surface area contributed by atoms with Gasteiger partial charge in [-0.2, -0.15) is 0 Å². The number of hydrogen-bond acceptors (Lipinski definition) is 4. The standard InChI is InChI=1S/C15H24N2O3S/c1-10(2)15(12-6-5-7-21-12)16-13(18)8-17(11(3)4)9-14(19)20/h5-7,10-11,15H,8-9H2,1-4H3,(H,16,18)(H,19,20). The summed E-state index contributed by atoms with van der Waals surface area (Å²) in [6.45, 7) is 7.85. The number of nitrogens with zero attached hydrogens (tertiary/aromatic N) is 1. The Morgan fingerprint density at radius 3 is 2.38 bits per heavy atom. The zero-order chi connectivity index (χ0) is 16.0. The Kier molecular flexibility index (Phi) is 6.84. The highest BCUT2D eigenvalue weighted by molar-refractivity contribution is 7.10. The van der Waals surface area contributed by atoms with Crippen molar-refractivity contribution in [1.82, 2.24) is 10.2 Å². The van der Waals surface area contributed by atoms with Crippen LogP contribution in [0.25, 0.3) is 0 Å². The summed E-state index contributed by atoms with van der Waals surface area (Å²) >= 11 is 1.61. The fourth-order valence-corrected chi connectivity index (χ4v) is 2.98. The number of amides is 1. The third-order valence-corrected chi connectivity index (χ3v) is 4.20. The maximum atomic E-state index is 12.2. The van der Waals surface area contributed by atoms with Crippen LogP contribution in [0.15, 0.2) is 17.5 Å². The van der Waals surface area contributed by atoms with Crippen molar-refractivity contribution in [2.45, 2.75) is 39.8 Å². The minimum absolute atomic E-state index is 0.00564. The second kappa shape index (κ2) is 8.14. The van der Waals surface area contributed by atoms with Crippen LogP contribution in [0, 0.1) is 5.92 Å². The molecule has 0 aliphatic heterocycles. The van der Waals surface area contributed by atoms with Crippen molar-refractivity contribution < 1.29 is 14.7 Å². The first-order valence-corrected chi connectivity index (χ1v) is 7.97. The molecule has 0 saturated heterocycles. The van der Waals surface area contributed by atoms with Gasteiger partial charge in [0.15, 0.2) is 0 Å². The summed E-state index contributed by atoms with van der Waals surface area (Å²) in [5, 5.41) is 13.9. The molecule has 6 heteroatoms. The van der Waals surface area contributed by atoms with Gasteiger partial charge in [0, 0.05) is 10.9 Å². The number of carbonyl (C=O) groups excluding carboxylic acids is 1. The van der Waals surface area contributed by atoms with E-state index in [1.807, 2.05) is 31.4 Å². The van der Waals surface area contributed by atoms with E-state index in [2.05, 4.69) is 19.2 Å².